The first-order valence-corrected chi connectivity index (χ1v) is 21.6. The largest absolute Gasteiger partial charge is 0.444 e. The van der Waals surface area contributed by atoms with Gasteiger partial charge in [0.25, 0.3) is 0 Å². The minimum atomic E-state index is -4.73. The third-order valence-corrected chi connectivity index (χ3v) is 15.6. The fourth-order valence-corrected chi connectivity index (χ4v) is 8.44. The van der Waals surface area contributed by atoms with Crippen LogP contribution in [-0.4, -0.2) is 65.1 Å². The summed E-state index contributed by atoms with van der Waals surface area (Å²) >= 11 is 8.01. The number of nitrogens with zero attached hydrogens (tertiary/aromatic N) is 4. The van der Waals surface area contributed by atoms with Crippen LogP contribution < -0.4 is 0 Å². The topological polar surface area (TPSA) is 69.5 Å². The van der Waals surface area contributed by atoms with Crippen molar-refractivity contribution in [2.75, 3.05) is 19.4 Å². The van der Waals surface area contributed by atoms with Crippen LogP contribution in [0.15, 0.2) is 35.5 Å². The van der Waals surface area contributed by atoms with Crippen LogP contribution in [0.2, 0.25) is 23.2 Å². The maximum Gasteiger partial charge on any atom is 0.417 e. The lowest BCUT2D eigenvalue weighted by atomic mass is 9.93. The Morgan fingerprint density at radius 2 is 1.80 bits per heavy atom. The molecule has 2 atom stereocenters. The highest BCUT2D eigenvalue weighted by Crippen LogP contribution is 2.46. The van der Waals surface area contributed by atoms with E-state index in [0.717, 1.165) is 0 Å². The average molecular weight is 767 g/mol. The molecule has 1 fully saturated rings. The maximum absolute atomic E-state index is 16.7. The van der Waals surface area contributed by atoms with Gasteiger partial charge in [-0.3, -0.25) is 4.68 Å². The van der Waals surface area contributed by atoms with Crippen LogP contribution in [0.5, 0.6) is 0 Å². The highest BCUT2D eigenvalue weighted by atomic mass is 35.5. The summed E-state index contributed by atoms with van der Waals surface area (Å²) in [6.07, 6.45) is 0.0281. The molecule has 1 aliphatic heterocycles. The van der Waals surface area contributed by atoms with Crippen LogP contribution >= 0.6 is 23.4 Å². The van der Waals surface area contributed by atoms with Crippen molar-refractivity contribution in [2.24, 2.45) is 0 Å². The lowest BCUT2D eigenvalue weighted by Crippen LogP contribution is -2.49. The number of carbonyl (C=O) groups excluding carboxylic acids is 1. The molecular weight excluding hydrogens is 720 g/mol. The Bertz CT molecular complexity index is 1960. The molecule has 14 heteroatoms. The number of alkyl halides is 3. The number of hydrogen-bond acceptors (Lipinski definition) is 6. The van der Waals surface area contributed by atoms with Crippen LogP contribution in [0, 0.1) is 12.7 Å². The number of thioether (sulfide) groups is 1. The number of pyridine rings is 1. The molecule has 0 N–H and O–H groups in total. The van der Waals surface area contributed by atoms with Gasteiger partial charge in [-0.25, -0.2) is 14.2 Å². The molecule has 1 aliphatic rings. The summed E-state index contributed by atoms with van der Waals surface area (Å²) < 4.78 is 73.6. The van der Waals surface area contributed by atoms with Gasteiger partial charge in [-0.15, -0.1) is 11.8 Å². The molecule has 2 aromatic carbocycles. The average Bonchev–Trinajstić information content (AvgIpc) is 3.44. The van der Waals surface area contributed by atoms with Crippen molar-refractivity contribution in [1.29, 1.82) is 0 Å². The molecule has 278 valence electrons. The normalized spacial score (nSPS) is 17.8. The second kappa shape index (κ2) is 14.2. The second-order valence-electron chi connectivity index (χ2n) is 15.8. The summed E-state index contributed by atoms with van der Waals surface area (Å²) in [6.45, 7) is 18.7. The fourth-order valence-electron chi connectivity index (χ4n) is 6.53. The molecule has 5 rings (SSSR count). The zero-order valence-corrected chi connectivity index (χ0v) is 33.5. The van der Waals surface area contributed by atoms with Crippen molar-refractivity contribution in [3.63, 3.8) is 0 Å². The van der Waals surface area contributed by atoms with E-state index in [0.29, 0.717) is 53.7 Å². The lowest BCUT2D eigenvalue weighted by Gasteiger charge is -2.41. The number of ether oxygens (including phenoxy) is 1. The number of aromatic nitrogens is 3. The van der Waals surface area contributed by atoms with E-state index in [1.165, 1.54) is 43.0 Å². The minimum absolute atomic E-state index is 0.0229. The number of carbonyl (C=O) groups is 1. The van der Waals surface area contributed by atoms with Gasteiger partial charge in [0.2, 0.25) is 0 Å². The van der Waals surface area contributed by atoms with Crippen molar-refractivity contribution >= 4 is 59.6 Å². The van der Waals surface area contributed by atoms with Gasteiger partial charge in [0.15, 0.2) is 14.1 Å². The zero-order chi connectivity index (χ0) is 37.8. The van der Waals surface area contributed by atoms with E-state index in [9.17, 15) is 18.0 Å². The predicted molar refractivity (Wildman–Crippen MR) is 200 cm³/mol. The first-order valence-electron chi connectivity index (χ1n) is 17.1. The standard InChI is InChI=1S/C37H47ClF4N4O3SSi/c1-21-12-11-13-24(29(21)37(40,41)42)28-27(38)19-25-31(30(28)39)44-33(50-8)26-20-43-46(32(25)26)23-14-16-45(34(47)49-35(2,3)4)22(18-23)15-17-48-51(9,10)36(5,6)7/h11-13,19-20,22-23H,14-18H2,1-10H3/t22-,23+/m1/s1. The number of rotatable bonds is 7. The summed E-state index contributed by atoms with van der Waals surface area (Å²) in [5.41, 5.74) is -1.85. The van der Waals surface area contributed by atoms with Crippen molar-refractivity contribution in [1.82, 2.24) is 19.7 Å². The van der Waals surface area contributed by atoms with Gasteiger partial charge in [0.1, 0.15) is 16.1 Å². The molecular formula is C37H47ClF4N4O3SSi. The maximum atomic E-state index is 16.7. The summed E-state index contributed by atoms with van der Waals surface area (Å²) in [5, 5.41) is 6.15. The second-order valence-corrected chi connectivity index (χ2v) is 21.8. The highest BCUT2D eigenvalue weighted by molar-refractivity contribution is 7.98. The number of piperidine rings is 1. The van der Waals surface area contributed by atoms with Gasteiger partial charge < -0.3 is 14.1 Å². The van der Waals surface area contributed by atoms with Crippen molar-refractivity contribution in [3.8, 4) is 11.1 Å². The summed E-state index contributed by atoms with van der Waals surface area (Å²) in [6, 6.07) is 5.09. The van der Waals surface area contributed by atoms with E-state index in [1.807, 2.05) is 25.5 Å². The Hall–Kier alpha value is -2.87. The van der Waals surface area contributed by atoms with Crippen LogP contribution in [-0.2, 0) is 15.3 Å². The van der Waals surface area contributed by atoms with Crippen molar-refractivity contribution in [3.05, 3.63) is 52.4 Å². The summed E-state index contributed by atoms with van der Waals surface area (Å²) in [7, 11) is -2.05. The third kappa shape index (κ3) is 7.91. The van der Waals surface area contributed by atoms with Gasteiger partial charge in [0.05, 0.1) is 33.7 Å². The highest BCUT2D eigenvalue weighted by Gasteiger charge is 2.40. The molecule has 2 aromatic heterocycles. The third-order valence-electron chi connectivity index (χ3n) is 10.1. The molecule has 4 aromatic rings. The Morgan fingerprint density at radius 3 is 2.41 bits per heavy atom. The van der Waals surface area contributed by atoms with Crippen LogP contribution in [0.4, 0.5) is 22.4 Å². The Balaban J connectivity index is 1.60. The van der Waals surface area contributed by atoms with Gasteiger partial charge in [-0.1, -0.05) is 50.6 Å². The van der Waals surface area contributed by atoms with E-state index in [-0.39, 0.29) is 44.4 Å². The molecule has 3 heterocycles. The number of likely N-dealkylation sites (tertiary alicyclic amines) is 1. The smallest absolute Gasteiger partial charge is 0.417 e. The zero-order valence-electron chi connectivity index (χ0n) is 30.9. The summed E-state index contributed by atoms with van der Waals surface area (Å²) in [4.78, 5) is 19.8. The first-order chi connectivity index (χ1) is 23.6. The quantitative estimate of drug-likeness (QED) is 0.106. The number of benzene rings is 2. The van der Waals surface area contributed by atoms with Gasteiger partial charge in [-0.2, -0.15) is 18.3 Å². The van der Waals surface area contributed by atoms with E-state index < -0.39 is 37.6 Å². The molecule has 1 amide bonds. The number of amides is 1. The number of aryl methyl sites for hydroxylation is 1. The van der Waals surface area contributed by atoms with Crippen LogP contribution in [0.3, 0.4) is 0 Å². The fraction of sp³-hybridized carbons (Fsp3) is 0.541. The number of hydrogen-bond donors (Lipinski definition) is 0. The van der Waals surface area contributed by atoms with E-state index in [4.69, 9.17) is 25.9 Å². The lowest BCUT2D eigenvalue weighted by molar-refractivity contribution is -0.137. The monoisotopic (exact) mass is 766 g/mol. The molecule has 0 radical (unpaired) electrons. The number of fused-ring (bicyclic) bond motifs is 3. The van der Waals surface area contributed by atoms with E-state index in [1.54, 1.807) is 17.4 Å². The van der Waals surface area contributed by atoms with Crippen LogP contribution in [0.25, 0.3) is 32.9 Å². The SMILES string of the molecule is CSc1nc2c(F)c(-c3cccc(C)c3C(F)(F)F)c(Cl)cc2c2c1cnn2[C@H]1CCN(C(=O)OC(C)(C)C)[C@H](CCO[Si](C)(C)C(C)(C)C)C1. The van der Waals surface area contributed by atoms with Crippen molar-refractivity contribution in [2.45, 2.75) is 115 Å². The Kier molecular flexibility index (Phi) is 10.9. The molecule has 7 nitrogen and oxygen atoms in total. The molecule has 0 spiro atoms. The molecule has 0 aliphatic carbocycles. The minimum Gasteiger partial charge on any atom is -0.444 e. The predicted octanol–water partition coefficient (Wildman–Crippen LogP) is 11.4. The molecule has 51 heavy (non-hydrogen) atoms. The van der Waals surface area contributed by atoms with E-state index >= 15 is 4.39 Å². The van der Waals surface area contributed by atoms with Gasteiger partial charge in [-0.05, 0) is 88.5 Å². The molecule has 1 saturated heterocycles. The van der Waals surface area contributed by atoms with E-state index in [2.05, 4.69) is 38.8 Å². The molecule has 0 bridgehead atoms. The Labute approximate surface area is 307 Å². The van der Waals surface area contributed by atoms with Crippen LogP contribution in [0.1, 0.15) is 78.0 Å². The first kappa shape index (κ1) is 39.3. The molecule has 0 saturated carbocycles. The number of halogens is 5. The Morgan fingerprint density at radius 1 is 1.12 bits per heavy atom. The summed E-state index contributed by atoms with van der Waals surface area (Å²) in [5.74, 6) is -0.932. The van der Waals surface area contributed by atoms with Crippen molar-refractivity contribution < 1.29 is 31.5 Å². The molecule has 0 unspecified atom stereocenters. The van der Waals surface area contributed by atoms with Gasteiger partial charge in [0, 0.05) is 30.1 Å². The van der Waals surface area contributed by atoms with Gasteiger partial charge >= 0.3 is 12.3 Å².